The molecule has 0 radical (unpaired) electrons. The molecule has 1 aromatic carbocycles. The summed E-state index contributed by atoms with van der Waals surface area (Å²) in [5, 5.41) is 7.66. The summed E-state index contributed by atoms with van der Waals surface area (Å²) in [6.45, 7) is 1.80. The Labute approximate surface area is 93.2 Å². The fourth-order valence-electron chi connectivity index (χ4n) is 1.40. The molecule has 1 heterocycles. The number of carbonyl (C=O) groups is 1. The second kappa shape index (κ2) is 4.53. The molecule has 0 N–H and O–H groups in total. The minimum Gasteiger partial charge on any atom is -0.287 e. The van der Waals surface area contributed by atoms with Gasteiger partial charge in [-0.3, -0.25) is 4.79 Å². The van der Waals surface area contributed by atoms with Gasteiger partial charge in [0.1, 0.15) is 5.69 Å². The SMILES string of the molecule is C/C=C/C(=O)c1cnnn1-c1ccccc1. The second-order valence-electron chi connectivity index (χ2n) is 3.23. The predicted octanol–water partition coefficient (Wildman–Crippen LogP) is 2.03. The summed E-state index contributed by atoms with van der Waals surface area (Å²) in [7, 11) is 0. The smallest absolute Gasteiger partial charge is 0.205 e. The van der Waals surface area contributed by atoms with Crippen LogP contribution in [-0.4, -0.2) is 20.8 Å². The lowest BCUT2D eigenvalue weighted by Gasteiger charge is -2.02. The molecule has 0 bridgehead atoms. The Balaban J connectivity index is 2.44. The van der Waals surface area contributed by atoms with E-state index in [2.05, 4.69) is 10.3 Å². The van der Waals surface area contributed by atoms with Crippen LogP contribution in [0.15, 0.2) is 48.7 Å². The number of rotatable bonds is 3. The molecular formula is C12H11N3O. The minimum absolute atomic E-state index is 0.101. The normalized spacial score (nSPS) is 10.8. The number of hydrogen-bond acceptors (Lipinski definition) is 3. The first kappa shape index (κ1) is 10.3. The summed E-state index contributed by atoms with van der Waals surface area (Å²) in [5.74, 6) is -0.101. The van der Waals surface area contributed by atoms with E-state index in [0.29, 0.717) is 5.69 Å². The molecule has 0 spiro atoms. The molecule has 16 heavy (non-hydrogen) atoms. The van der Waals surface area contributed by atoms with Gasteiger partial charge in [0.05, 0.1) is 11.9 Å². The van der Waals surface area contributed by atoms with Crippen molar-refractivity contribution in [1.82, 2.24) is 15.0 Å². The van der Waals surface area contributed by atoms with E-state index < -0.39 is 0 Å². The largest absolute Gasteiger partial charge is 0.287 e. The van der Waals surface area contributed by atoms with Crippen LogP contribution in [0.5, 0.6) is 0 Å². The maximum absolute atomic E-state index is 11.7. The number of allylic oxidation sites excluding steroid dienone is 2. The van der Waals surface area contributed by atoms with E-state index in [1.807, 2.05) is 30.3 Å². The maximum atomic E-state index is 11.7. The molecule has 80 valence electrons. The van der Waals surface area contributed by atoms with Gasteiger partial charge in [0.25, 0.3) is 0 Å². The van der Waals surface area contributed by atoms with Gasteiger partial charge >= 0.3 is 0 Å². The van der Waals surface area contributed by atoms with Crippen molar-refractivity contribution in [3.63, 3.8) is 0 Å². The van der Waals surface area contributed by atoms with Crippen molar-refractivity contribution >= 4 is 5.78 Å². The first-order valence-electron chi connectivity index (χ1n) is 4.96. The highest BCUT2D eigenvalue weighted by Crippen LogP contribution is 2.09. The van der Waals surface area contributed by atoms with Crippen LogP contribution in [0.25, 0.3) is 5.69 Å². The van der Waals surface area contributed by atoms with Crippen LogP contribution in [-0.2, 0) is 0 Å². The lowest BCUT2D eigenvalue weighted by molar-refractivity contribution is 0.104. The zero-order chi connectivity index (χ0) is 11.4. The van der Waals surface area contributed by atoms with Crippen molar-refractivity contribution in [2.45, 2.75) is 6.92 Å². The number of ketones is 1. The molecule has 0 saturated heterocycles. The molecule has 0 unspecified atom stereocenters. The van der Waals surface area contributed by atoms with Crippen molar-refractivity contribution in [2.24, 2.45) is 0 Å². The standard InChI is InChI=1S/C12H11N3O/c1-2-6-12(16)11-9-13-14-15(11)10-7-4-3-5-8-10/h2-9H,1H3/b6-2+. The Bertz CT molecular complexity index is 514. The van der Waals surface area contributed by atoms with E-state index >= 15 is 0 Å². The fraction of sp³-hybridized carbons (Fsp3) is 0.0833. The fourth-order valence-corrected chi connectivity index (χ4v) is 1.40. The number of para-hydroxylation sites is 1. The highest BCUT2D eigenvalue weighted by molar-refractivity contribution is 6.03. The number of nitrogens with zero attached hydrogens (tertiary/aromatic N) is 3. The van der Waals surface area contributed by atoms with Crippen LogP contribution in [0.3, 0.4) is 0 Å². The molecule has 0 aliphatic rings. The minimum atomic E-state index is -0.101. The van der Waals surface area contributed by atoms with E-state index in [9.17, 15) is 4.79 Å². The average Bonchev–Trinajstić information content (AvgIpc) is 2.79. The van der Waals surface area contributed by atoms with Crippen LogP contribution in [0.1, 0.15) is 17.4 Å². The molecule has 2 rings (SSSR count). The first-order chi connectivity index (χ1) is 7.83. The lowest BCUT2D eigenvalue weighted by Crippen LogP contribution is -2.06. The number of hydrogen-bond donors (Lipinski definition) is 0. The van der Waals surface area contributed by atoms with Gasteiger partial charge in [-0.25, -0.2) is 4.68 Å². The highest BCUT2D eigenvalue weighted by atomic mass is 16.1. The first-order valence-corrected chi connectivity index (χ1v) is 4.96. The Morgan fingerprint density at radius 3 is 2.75 bits per heavy atom. The second-order valence-corrected chi connectivity index (χ2v) is 3.23. The van der Waals surface area contributed by atoms with Gasteiger partial charge in [-0.2, -0.15) is 0 Å². The van der Waals surface area contributed by atoms with E-state index in [1.165, 1.54) is 17.0 Å². The molecule has 1 aromatic heterocycles. The quantitative estimate of drug-likeness (QED) is 0.579. The predicted molar refractivity (Wildman–Crippen MR) is 60.5 cm³/mol. The summed E-state index contributed by atoms with van der Waals surface area (Å²) in [5.41, 5.74) is 1.29. The molecule has 4 nitrogen and oxygen atoms in total. The van der Waals surface area contributed by atoms with Crippen molar-refractivity contribution in [3.8, 4) is 5.69 Å². The van der Waals surface area contributed by atoms with Crippen LogP contribution in [0, 0.1) is 0 Å². The van der Waals surface area contributed by atoms with Crippen molar-refractivity contribution in [2.75, 3.05) is 0 Å². The number of carbonyl (C=O) groups excluding carboxylic acids is 1. The van der Waals surface area contributed by atoms with Crippen LogP contribution in [0.4, 0.5) is 0 Å². The van der Waals surface area contributed by atoms with Crippen molar-refractivity contribution in [3.05, 3.63) is 54.4 Å². The van der Waals surface area contributed by atoms with Gasteiger partial charge < -0.3 is 0 Å². The molecule has 0 aliphatic carbocycles. The molecule has 0 atom stereocenters. The number of benzene rings is 1. The van der Waals surface area contributed by atoms with E-state index in [4.69, 9.17) is 0 Å². The third-order valence-electron chi connectivity index (χ3n) is 2.12. The van der Waals surface area contributed by atoms with Crippen LogP contribution >= 0.6 is 0 Å². The molecule has 2 aromatic rings. The van der Waals surface area contributed by atoms with Gasteiger partial charge in [0.2, 0.25) is 5.78 Å². The summed E-state index contributed by atoms with van der Waals surface area (Å²) >= 11 is 0. The van der Waals surface area contributed by atoms with Gasteiger partial charge in [-0.05, 0) is 25.1 Å². The van der Waals surface area contributed by atoms with E-state index in [-0.39, 0.29) is 5.78 Å². The summed E-state index contributed by atoms with van der Waals surface area (Å²) in [6.07, 6.45) is 4.66. The van der Waals surface area contributed by atoms with Gasteiger partial charge in [0, 0.05) is 0 Å². The van der Waals surface area contributed by atoms with E-state index in [1.54, 1.807) is 13.0 Å². The number of aromatic nitrogens is 3. The van der Waals surface area contributed by atoms with Crippen molar-refractivity contribution in [1.29, 1.82) is 0 Å². The zero-order valence-electron chi connectivity index (χ0n) is 8.87. The van der Waals surface area contributed by atoms with Gasteiger partial charge in [-0.15, -0.1) is 5.10 Å². The molecule has 4 heteroatoms. The molecule has 0 aliphatic heterocycles. The third-order valence-corrected chi connectivity index (χ3v) is 2.12. The van der Waals surface area contributed by atoms with Gasteiger partial charge in [-0.1, -0.05) is 29.5 Å². The van der Waals surface area contributed by atoms with Crippen LogP contribution in [0.2, 0.25) is 0 Å². The zero-order valence-corrected chi connectivity index (χ0v) is 8.87. The van der Waals surface area contributed by atoms with Gasteiger partial charge in [0.15, 0.2) is 0 Å². The topological polar surface area (TPSA) is 47.8 Å². The molecule has 0 fully saturated rings. The summed E-state index contributed by atoms with van der Waals surface area (Å²) in [6, 6.07) is 9.44. The summed E-state index contributed by atoms with van der Waals surface area (Å²) < 4.78 is 1.53. The Hall–Kier alpha value is -2.23. The monoisotopic (exact) mass is 213 g/mol. The van der Waals surface area contributed by atoms with E-state index in [0.717, 1.165) is 5.69 Å². The Morgan fingerprint density at radius 1 is 1.31 bits per heavy atom. The Morgan fingerprint density at radius 2 is 2.06 bits per heavy atom. The summed E-state index contributed by atoms with van der Waals surface area (Å²) in [4.78, 5) is 11.7. The maximum Gasteiger partial charge on any atom is 0.205 e. The van der Waals surface area contributed by atoms with Crippen molar-refractivity contribution < 1.29 is 4.79 Å². The molecule has 0 amide bonds. The highest BCUT2D eigenvalue weighted by Gasteiger charge is 2.11. The average molecular weight is 213 g/mol. The Kier molecular flexibility index (Phi) is 2.91. The third kappa shape index (κ3) is 1.91. The lowest BCUT2D eigenvalue weighted by atomic mass is 10.2. The van der Waals surface area contributed by atoms with Crippen LogP contribution < -0.4 is 0 Å². The molecular weight excluding hydrogens is 202 g/mol. The molecule has 0 saturated carbocycles.